The number of rotatable bonds is 5. The SMILES string of the molecule is COC(=O)CCOc1cccc2ccc(-n3nc(C)cc3C)nc12. The Hall–Kier alpha value is -2.89. The highest BCUT2D eigenvalue weighted by molar-refractivity contribution is 5.85. The lowest BCUT2D eigenvalue weighted by atomic mass is 10.2. The van der Waals surface area contributed by atoms with Gasteiger partial charge in [-0.25, -0.2) is 9.67 Å². The van der Waals surface area contributed by atoms with Crippen LogP contribution in [0.4, 0.5) is 0 Å². The average molecular weight is 325 g/mol. The third kappa shape index (κ3) is 3.22. The molecule has 2 aromatic heterocycles. The zero-order valence-electron chi connectivity index (χ0n) is 13.9. The van der Waals surface area contributed by atoms with Crippen LogP contribution in [0.3, 0.4) is 0 Å². The Morgan fingerprint density at radius 1 is 1.21 bits per heavy atom. The van der Waals surface area contributed by atoms with Gasteiger partial charge in [0, 0.05) is 11.1 Å². The van der Waals surface area contributed by atoms with E-state index in [1.807, 2.05) is 50.2 Å². The molecule has 0 spiro atoms. The normalized spacial score (nSPS) is 10.8. The molecule has 0 amide bonds. The number of aromatic nitrogens is 3. The molecule has 24 heavy (non-hydrogen) atoms. The lowest BCUT2D eigenvalue weighted by Gasteiger charge is -2.10. The molecule has 1 aromatic carbocycles. The molecule has 0 fully saturated rings. The summed E-state index contributed by atoms with van der Waals surface area (Å²) in [6.07, 6.45) is 0.198. The number of methoxy groups -OCH3 is 1. The summed E-state index contributed by atoms with van der Waals surface area (Å²) < 4.78 is 12.2. The van der Waals surface area contributed by atoms with Gasteiger partial charge in [-0.15, -0.1) is 0 Å². The molecule has 6 heteroatoms. The molecule has 0 unspecified atom stereocenters. The summed E-state index contributed by atoms with van der Waals surface area (Å²) in [6, 6.07) is 11.6. The van der Waals surface area contributed by atoms with E-state index < -0.39 is 0 Å². The number of esters is 1. The van der Waals surface area contributed by atoms with Crippen LogP contribution in [0.1, 0.15) is 17.8 Å². The van der Waals surface area contributed by atoms with Gasteiger partial charge in [0.1, 0.15) is 11.3 Å². The molecule has 0 aliphatic rings. The van der Waals surface area contributed by atoms with Gasteiger partial charge >= 0.3 is 5.97 Å². The van der Waals surface area contributed by atoms with Crippen molar-refractivity contribution in [1.82, 2.24) is 14.8 Å². The third-order valence-corrected chi connectivity index (χ3v) is 3.69. The number of ether oxygens (including phenoxy) is 2. The smallest absolute Gasteiger partial charge is 0.308 e. The van der Waals surface area contributed by atoms with Crippen molar-refractivity contribution in [2.75, 3.05) is 13.7 Å². The molecule has 0 saturated heterocycles. The summed E-state index contributed by atoms with van der Waals surface area (Å²) in [6.45, 7) is 4.19. The number of hydrogen-bond donors (Lipinski definition) is 0. The summed E-state index contributed by atoms with van der Waals surface area (Å²) in [4.78, 5) is 15.9. The second kappa shape index (κ2) is 6.70. The van der Waals surface area contributed by atoms with Crippen molar-refractivity contribution in [2.45, 2.75) is 20.3 Å². The van der Waals surface area contributed by atoms with Crippen molar-refractivity contribution < 1.29 is 14.3 Å². The minimum Gasteiger partial charge on any atom is -0.491 e. The van der Waals surface area contributed by atoms with Crippen molar-refractivity contribution >= 4 is 16.9 Å². The number of hydrogen-bond acceptors (Lipinski definition) is 5. The van der Waals surface area contributed by atoms with Gasteiger partial charge in [0.15, 0.2) is 5.82 Å². The maximum absolute atomic E-state index is 11.2. The molecule has 0 bridgehead atoms. The number of nitrogens with zero attached hydrogens (tertiary/aromatic N) is 3. The van der Waals surface area contributed by atoms with E-state index in [9.17, 15) is 4.79 Å². The Morgan fingerprint density at radius 3 is 2.75 bits per heavy atom. The molecular weight excluding hydrogens is 306 g/mol. The zero-order valence-corrected chi connectivity index (χ0v) is 13.9. The number of benzene rings is 1. The zero-order chi connectivity index (χ0) is 17.1. The van der Waals surface area contributed by atoms with E-state index in [0.29, 0.717) is 5.75 Å². The van der Waals surface area contributed by atoms with Gasteiger partial charge in [0.25, 0.3) is 0 Å². The standard InChI is InChI=1S/C18H19N3O3/c1-12-11-13(2)21(20-12)16-8-7-14-5-4-6-15(18(14)19-16)24-10-9-17(22)23-3/h4-8,11H,9-10H2,1-3H3. The maximum Gasteiger partial charge on any atom is 0.308 e. The van der Waals surface area contributed by atoms with Crippen molar-refractivity contribution in [3.05, 3.63) is 47.8 Å². The number of fused-ring (bicyclic) bond motifs is 1. The first-order valence-corrected chi connectivity index (χ1v) is 7.71. The first-order chi connectivity index (χ1) is 11.6. The molecule has 0 aliphatic carbocycles. The number of aryl methyl sites for hydroxylation is 2. The van der Waals surface area contributed by atoms with E-state index in [1.165, 1.54) is 7.11 Å². The molecular formula is C18H19N3O3. The van der Waals surface area contributed by atoms with Crippen molar-refractivity contribution in [2.24, 2.45) is 0 Å². The Labute approximate surface area is 140 Å². The summed E-state index contributed by atoms with van der Waals surface area (Å²) in [5, 5.41) is 5.43. The van der Waals surface area contributed by atoms with E-state index in [-0.39, 0.29) is 19.0 Å². The van der Waals surface area contributed by atoms with Gasteiger partial charge in [-0.1, -0.05) is 12.1 Å². The maximum atomic E-state index is 11.2. The fourth-order valence-electron chi connectivity index (χ4n) is 2.55. The lowest BCUT2D eigenvalue weighted by Crippen LogP contribution is -2.08. The van der Waals surface area contributed by atoms with E-state index in [4.69, 9.17) is 9.72 Å². The Bertz CT molecular complexity index is 886. The monoisotopic (exact) mass is 325 g/mol. The van der Waals surface area contributed by atoms with Gasteiger partial charge in [0.2, 0.25) is 0 Å². The Morgan fingerprint density at radius 2 is 2.04 bits per heavy atom. The second-order valence-corrected chi connectivity index (χ2v) is 5.51. The fraction of sp³-hybridized carbons (Fsp3) is 0.278. The van der Waals surface area contributed by atoms with Gasteiger partial charge in [-0.2, -0.15) is 5.10 Å². The lowest BCUT2D eigenvalue weighted by molar-refractivity contribution is -0.141. The largest absolute Gasteiger partial charge is 0.491 e. The summed E-state index contributed by atoms with van der Waals surface area (Å²) in [5.41, 5.74) is 2.70. The van der Waals surface area contributed by atoms with E-state index in [0.717, 1.165) is 28.1 Å². The molecule has 0 saturated carbocycles. The van der Waals surface area contributed by atoms with Gasteiger partial charge in [0.05, 0.1) is 25.8 Å². The molecule has 6 nitrogen and oxygen atoms in total. The van der Waals surface area contributed by atoms with E-state index in [2.05, 4.69) is 9.84 Å². The topological polar surface area (TPSA) is 66.2 Å². The summed E-state index contributed by atoms with van der Waals surface area (Å²) in [7, 11) is 1.36. The first kappa shape index (κ1) is 16.0. The minimum atomic E-state index is -0.300. The molecule has 124 valence electrons. The van der Waals surface area contributed by atoms with Crippen molar-refractivity contribution in [1.29, 1.82) is 0 Å². The number of carbonyl (C=O) groups is 1. The summed E-state index contributed by atoms with van der Waals surface area (Å²) in [5.74, 6) is 1.07. The molecule has 3 aromatic rings. The van der Waals surface area contributed by atoms with E-state index in [1.54, 1.807) is 4.68 Å². The predicted molar refractivity (Wildman–Crippen MR) is 90.5 cm³/mol. The quantitative estimate of drug-likeness (QED) is 0.675. The van der Waals surface area contributed by atoms with Crippen molar-refractivity contribution in [3.63, 3.8) is 0 Å². The second-order valence-electron chi connectivity index (χ2n) is 5.51. The van der Waals surface area contributed by atoms with Crippen LogP contribution in [0.25, 0.3) is 16.7 Å². The molecule has 2 heterocycles. The molecule has 3 rings (SSSR count). The molecule has 0 radical (unpaired) electrons. The summed E-state index contributed by atoms with van der Waals surface area (Å²) >= 11 is 0. The van der Waals surface area contributed by atoms with Gasteiger partial charge in [-0.3, -0.25) is 4.79 Å². The van der Waals surface area contributed by atoms with Crippen LogP contribution in [-0.2, 0) is 9.53 Å². The third-order valence-electron chi connectivity index (χ3n) is 3.69. The number of carbonyl (C=O) groups excluding carboxylic acids is 1. The van der Waals surface area contributed by atoms with Crippen LogP contribution in [0.2, 0.25) is 0 Å². The minimum absolute atomic E-state index is 0.198. The molecule has 0 atom stereocenters. The number of pyridine rings is 1. The van der Waals surface area contributed by atoms with Crippen molar-refractivity contribution in [3.8, 4) is 11.6 Å². The number of para-hydroxylation sites is 1. The van der Waals surface area contributed by atoms with Crippen LogP contribution < -0.4 is 4.74 Å². The fourth-order valence-corrected chi connectivity index (χ4v) is 2.55. The Kier molecular flexibility index (Phi) is 4.46. The van der Waals surface area contributed by atoms with Crippen LogP contribution >= 0.6 is 0 Å². The molecule has 0 N–H and O–H groups in total. The van der Waals surface area contributed by atoms with Crippen LogP contribution in [-0.4, -0.2) is 34.5 Å². The van der Waals surface area contributed by atoms with E-state index >= 15 is 0 Å². The highest BCUT2D eigenvalue weighted by Gasteiger charge is 2.10. The highest BCUT2D eigenvalue weighted by Crippen LogP contribution is 2.25. The Balaban J connectivity index is 1.94. The highest BCUT2D eigenvalue weighted by atomic mass is 16.5. The first-order valence-electron chi connectivity index (χ1n) is 7.71. The van der Waals surface area contributed by atoms with Gasteiger partial charge in [-0.05, 0) is 38.1 Å². The average Bonchev–Trinajstić information content (AvgIpc) is 2.92. The van der Waals surface area contributed by atoms with Crippen LogP contribution in [0, 0.1) is 13.8 Å². The van der Waals surface area contributed by atoms with Gasteiger partial charge < -0.3 is 9.47 Å². The predicted octanol–water partition coefficient (Wildman–Crippen LogP) is 2.98. The van der Waals surface area contributed by atoms with Crippen LogP contribution in [0.15, 0.2) is 36.4 Å². The molecule has 0 aliphatic heterocycles. The van der Waals surface area contributed by atoms with Crippen LogP contribution in [0.5, 0.6) is 5.75 Å².